The molecule has 0 spiro atoms. The summed E-state index contributed by atoms with van der Waals surface area (Å²) in [6.45, 7) is 4.40. The monoisotopic (exact) mass is 284 g/mol. The van der Waals surface area contributed by atoms with Gasteiger partial charge in [0, 0.05) is 31.2 Å². The Bertz CT molecular complexity index is 320. The average molecular weight is 284 g/mol. The van der Waals surface area contributed by atoms with Gasteiger partial charge in [-0.1, -0.05) is 13.3 Å². The van der Waals surface area contributed by atoms with Crippen molar-refractivity contribution in [1.82, 2.24) is 10.6 Å². The average Bonchev–Trinajstić information content (AvgIpc) is 3.19. The van der Waals surface area contributed by atoms with E-state index in [0.29, 0.717) is 13.2 Å². The first-order valence-electron chi connectivity index (χ1n) is 7.87. The Morgan fingerprint density at radius 2 is 2.20 bits per heavy atom. The first-order chi connectivity index (χ1) is 9.64. The van der Waals surface area contributed by atoms with Crippen molar-refractivity contribution in [3.05, 3.63) is 0 Å². The van der Waals surface area contributed by atoms with Crippen LogP contribution >= 0.6 is 0 Å². The molecule has 2 unspecified atom stereocenters. The number of rotatable bonds is 8. The number of aliphatic hydroxyl groups is 1. The number of aliphatic hydroxyl groups excluding tert-OH is 1. The third kappa shape index (κ3) is 4.63. The Labute approximate surface area is 121 Å². The van der Waals surface area contributed by atoms with Crippen LogP contribution in [-0.4, -0.2) is 43.5 Å². The Balaban J connectivity index is 1.53. The van der Waals surface area contributed by atoms with E-state index in [-0.39, 0.29) is 24.1 Å². The molecule has 0 aliphatic heterocycles. The second-order valence-corrected chi connectivity index (χ2v) is 6.53. The van der Waals surface area contributed by atoms with Crippen molar-refractivity contribution < 1.29 is 14.6 Å². The van der Waals surface area contributed by atoms with Gasteiger partial charge >= 0.3 is 6.03 Å². The van der Waals surface area contributed by atoms with Gasteiger partial charge < -0.3 is 20.5 Å². The molecule has 2 rings (SSSR count). The molecule has 0 aromatic rings. The van der Waals surface area contributed by atoms with Crippen LogP contribution < -0.4 is 10.6 Å². The van der Waals surface area contributed by atoms with Gasteiger partial charge in [-0.05, 0) is 38.0 Å². The van der Waals surface area contributed by atoms with E-state index >= 15 is 0 Å². The minimum absolute atomic E-state index is 0.0821. The summed E-state index contributed by atoms with van der Waals surface area (Å²) < 4.78 is 5.52. The third-order valence-electron chi connectivity index (χ3n) is 4.55. The Morgan fingerprint density at radius 3 is 2.90 bits per heavy atom. The van der Waals surface area contributed by atoms with Crippen molar-refractivity contribution in [2.24, 2.45) is 11.3 Å². The molecule has 116 valence electrons. The maximum atomic E-state index is 11.8. The first kappa shape index (κ1) is 15.6. The van der Waals surface area contributed by atoms with Crippen LogP contribution in [0, 0.1) is 11.3 Å². The predicted molar refractivity (Wildman–Crippen MR) is 77.5 cm³/mol. The number of hydrogen-bond acceptors (Lipinski definition) is 3. The van der Waals surface area contributed by atoms with Crippen molar-refractivity contribution >= 4 is 6.03 Å². The summed E-state index contributed by atoms with van der Waals surface area (Å²) in [5, 5.41) is 15.3. The van der Waals surface area contributed by atoms with Gasteiger partial charge in [-0.2, -0.15) is 0 Å². The van der Waals surface area contributed by atoms with Crippen LogP contribution in [0.25, 0.3) is 0 Å². The van der Waals surface area contributed by atoms with Crippen molar-refractivity contribution in [3.63, 3.8) is 0 Å². The highest BCUT2D eigenvalue weighted by Gasteiger charge is 2.38. The van der Waals surface area contributed by atoms with Crippen LogP contribution in [0.5, 0.6) is 0 Å². The van der Waals surface area contributed by atoms with Crippen LogP contribution in [0.2, 0.25) is 0 Å². The minimum Gasteiger partial charge on any atom is -0.396 e. The Kier molecular flexibility index (Phi) is 5.66. The quantitative estimate of drug-likeness (QED) is 0.594. The number of carbonyl (C=O) groups is 1. The van der Waals surface area contributed by atoms with Gasteiger partial charge in [-0.25, -0.2) is 4.79 Å². The fraction of sp³-hybridized carbons (Fsp3) is 0.933. The molecule has 0 saturated heterocycles. The molecule has 20 heavy (non-hydrogen) atoms. The molecule has 2 amide bonds. The fourth-order valence-electron chi connectivity index (χ4n) is 2.79. The first-order valence-corrected chi connectivity index (χ1v) is 7.87. The van der Waals surface area contributed by atoms with E-state index in [1.807, 2.05) is 6.92 Å². The maximum absolute atomic E-state index is 11.8. The molecule has 2 aliphatic rings. The molecule has 2 saturated carbocycles. The number of nitrogens with one attached hydrogen (secondary N) is 2. The van der Waals surface area contributed by atoms with Gasteiger partial charge in [-0.3, -0.25) is 0 Å². The normalized spacial score (nSPS) is 29.4. The van der Waals surface area contributed by atoms with Crippen LogP contribution in [0.1, 0.15) is 45.4 Å². The van der Waals surface area contributed by atoms with Gasteiger partial charge in [0.2, 0.25) is 0 Å². The summed E-state index contributed by atoms with van der Waals surface area (Å²) in [7, 11) is 0. The molecule has 2 fully saturated rings. The Morgan fingerprint density at radius 1 is 1.40 bits per heavy atom. The van der Waals surface area contributed by atoms with Crippen molar-refractivity contribution in [3.8, 4) is 0 Å². The molecular weight excluding hydrogens is 256 g/mol. The number of urea groups is 1. The molecule has 0 radical (unpaired) electrons. The van der Waals surface area contributed by atoms with Crippen LogP contribution in [0.4, 0.5) is 4.79 Å². The van der Waals surface area contributed by atoms with Crippen molar-refractivity contribution in [2.75, 3.05) is 26.4 Å². The van der Waals surface area contributed by atoms with Crippen LogP contribution in [0.3, 0.4) is 0 Å². The number of hydrogen-bond donors (Lipinski definition) is 3. The van der Waals surface area contributed by atoms with E-state index in [1.54, 1.807) is 0 Å². The maximum Gasteiger partial charge on any atom is 0.315 e. The zero-order valence-electron chi connectivity index (χ0n) is 12.5. The summed E-state index contributed by atoms with van der Waals surface area (Å²) >= 11 is 0. The zero-order chi connectivity index (χ0) is 14.4. The molecule has 0 aromatic heterocycles. The minimum atomic E-state index is -0.162. The van der Waals surface area contributed by atoms with E-state index in [0.717, 1.165) is 38.2 Å². The van der Waals surface area contributed by atoms with E-state index in [1.165, 1.54) is 12.8 Å². The smallest absolute Gasteiger partial charge is 0.315 e. The highest BCUT2D eigenvalue weighted by Crippen LogP contribution is 2.37. The highest BCUT2D eigenvalue weighted by molar-refractivity contribution is 5.74. The Hall–Kier alpha value is -0.810. The largest absolute Gasteiger partial charge is 0.396 e. The summed E-state index contributed by atoms with van der Waals surface area (Å²) in [5.74, 6) is 0.796. The SMILES string of the molecule is CC1(CO)CCCC1NC(=O)NCCCOCC1CC1. The lowest BCUT2D eigenvalue weighted by atomic mass is 9.86. The van der Waals surface area contributed by atoms with Gasteiger partial charge in [-0.15, -0.1) is 0 Å². The molecule has 5 heteroatoms. The summed E-state index contributed by atoms with van der Waals surface area (Å²) in [6, 6.07) is -0.0441. The van der Waals surface area contributed by atoms with Crippen molar-refractivity contribution in [2.45, 2.75) is 51.5 Å². The van der Waals surface area contributed by atoms with Gasteiger partial charge in [0.25, 0.3) is 0 Å². The second-order valence-electron chi connectivity index (χ2n) is 6.53. The topological polar surface area (TPSA) is 70.6 Å². The van der Waals surface area contributed by atoms with E-state index in [4.69, 9.17) is 4.74 Å². The lowest BCUT2D eigenvalue weighted by Gasteiger charge is -2.30. The highest BCUT2D eigenvalue weighted by atomic mass is 16.5. The molecule has 5 nitrogen and oxygen atoms in total. The van der Waals surface area contributed by atoms with E-state index in [9.17, 15) is 9.90 Å². The molecule has 2 aliphatic carbocycles. The molecule has 2 atom stereocenters. The summed E-state index contributed by atoms with van der Waals surface area (Å²) in [6.07, 6.45) is 6.47. The second kappa shape index (κ2) is 7.27. The van der Waals surface area contributed by atoms with Gasteiger partial charge in [0.15, 0.2) is 0 Å². The molecular formula is C15H28N2O3. The van der Waals surface area contributed by atoms with Crippen LogP contribution in [-0.2, 0) is 4.74 Å². The van der Waals surface area contributed by atoms with Crippen molar-refractivity contribution in [1.29, 1.82) is 0 Å². The summed E-state index contributed by atoms with van der Waals surface area (Å²) in [5.41, 5.74) is -0.162. The number of ether oxygens (including phenoxy) is 1. The van der Waals surface area contributed by atoms with Gasteiger partial charge in [0.1, 0.15) is 0 Å². The van der Waals surface area contributed by atoms with Crippen LogP contribution in [0.15, 0.2) is 0 Å². The lowest BCUT2D eigenvalue weighted by Crippen LogP contribution is -2.48. The van der Waals surface area contributed by atoms with E-state index < -0.39 is 0 Å². The standard InChI is InChI=1S/C15H28N2O3/c1-15(11-18)7-2-4-13(15)17-14(19)16-8-3-9-20-10-12-5-6-12/h12-13,18H,2-11H2,1H3,(H2,16,17,19). The zero-order valence-corrected chi connectivity index (χ0v) is 12.5. The molecule has 3 N–H and O–H groups in total. The number of amides is 2. The summed E-state index contributed by atoms with van der Waals surface area (Å²) in [4.78, 5) is 11.8. The lowest BCUT2D eigenvalue weighted by molar-refractivity contribution is 0.118. The fourth-order valence-corrected chi connectivity index (χ4v) is 2.79. The molecule has 0 aromatic carbocycles. The predicted octanol–water partition coefficient (Wildman–Crippen LogP) is 1.65. The molecule has 0 heterocycles. The van der Waals surface area contributed by atoms with E-state index in [2.05, 4.69) is 10.6 Å². The van der Waals surface area contributed by atoms with Gasteiger partial charge in [0.05, 0.1) is 6.61 Å². The number of carbonyl (C=O) groups excluding carboxylic acids is 1. The molecule has 0 bridgehead atoms. The third-order valence-corrected chi connectivity index (χ3v) is 4.55.